The molecule has 0 saturated carbocycles. The molecule has 0 spiro atoms. The van der Waals surface area contributed by atoms with E-state index >= 15 is 0 Å². The number of aryl methyl sites for hydroxylation is 2. The molecule has 0 aliphatic carbocycles. The number of hydrogen-bond donors (Lipinski definition) is 3. The molecular formula is C26H42N4O5. The number of nitrogens with one attached hydrogen (secondary N) is 2. The molecule has 0 radical (unpaired) electrons. The highest BCUT2D eigenvalue weighted by Gasteiger charge is 2.38. The zero-order valence-corrected chi connectivity index (χ0v) is 22.5. The largest absolute Gasteiger partial charge is 0.444 e. The Labute approximate surface area is 209 Å². The molecule has 0 aliphatic rings. The second-order valence-corrected chi connectivity index (χ2v) is 10.5. The highest BCUT2D eigenvalue weighted by atomic mass is 16.6. The van der Waals surface area contributed by atoms with Crippen molar-refractivity contribution in [3.63, 3.8) is 0 Å². The average molecular weight is 491 g/mol. The predicted molar refractivity (Wildman–Crippen MR) is 136 cm³/mol. The molecule has 4 N–H and O–H groups in total. The first kappa shape index (κ1) is 29.9. The maximum absolute atomic E-state index is 13.9. The third-order valence-electron chi connectivity index (χ3n) is 5.28. The van der Waals surface area contributed by atoms with Crippen molar-refractivity contribution in [2.75, 3.05) is 0 Å². The normalized spacial score (nSPS) is 13.2. The third kappa shape index (κ3) is 9.58. The molecule has 1 aromatic carbocycles. The van der Waals surface area contributed by atoms with E-state index in [0.29, 0.717) is 5.56 Å². The number of benzene rings is 1. The molecule has 35 heavy (non-hydrogen) atoms. The molecule has 0 heterocycles. The van der Waals surface area contributed by atoms with Crippen molar-refractivity contribution in [3.05, 3.63) is 34.9 Å². The van der Waals surface area contributed by atoms with E-state index in [2.05, 4.69) is 10.6 Å². The minimum atomic E-state index is -1.11. The first-order chi connectivity index (χ1) is 16.0. The number of primary amides is 1. The van der Waals surface area contributed by atoms with Crippen molar-refractivity contribution in [2.45, 2.75) is 105 Å². The fourth-order valence-electron chi connectivity index (χ4n) is 3.59. The molecule has 0 aliphatic heterocycles. The van der Waals surface area contributed by atoms with Gasteiger partial charge in [0, 0.05) is 18.5 Å². The van der Waals surface area contributed by atoms with Crippen molar-refractivity contribution in [3.8, 4) is 0 Å². The minimum Gasteiger partial charge on any atom is -0.444 e. The van der Waals surface area contributed by atoms with Crippen LogP contribution in [0.3, 0.4) is 0 Å². The Morgan fingerprint density at radius 3 is 2.06 bits per heavy atom. The third-order valence-corrected chi connectivity index (χ3v) is 5.28. The predicted octanol–water partition coefficient (Wildman–Crippen LogP) is 3.26. The van der Waals surface area contributed by atoms with Gasteiger partial charge in [-0.25, -0.2) is 4.79 Å². The van der Waals surface area contributed by atoms with E-state index < -0.39 is 41.6 Å². The molecule has 0 bridgehead atoms. The molecule has 0 aromatic heterocycles. The lowest BCUT2D eigenvalue weighted by Crippen LogP contribution is -2.55. The molecule has 9 nitrogen and oxygen atoms in total. The standard InChI is InChI=1S/C26H42N4O5/c1-15(2)28-23(32)22(19-11-10-17(5)18(6)14-19)30(16(3)4)24(33)20(12-13-21(27)31)29-25(34)35-26(7,8)9/h10-11,14-16,20,22H,12-13H2,1-9H3,(H2,27,31)(H,28,32)(H,29,34). The number of nitrogens with zero attached hydrogens (tertiary/aromatic N) is 1. The summed E-state index contributed by atoms with van der Waals surface area (Å²) in [6.45, 7) is 16.3. The molecule has 1 rings (SSSR count). The van der Waals surface area contributed by atoms with Crippen molar-refractivity contribution in [2.24, 2.45) is 5.73 Å². The maximum Gasteiger partial charge on any atom is 0.408 e. The number of carbonyl (C=O) groups is 4. The van der Waals surface area contributed by atoms with Gasteiger partial charge in [0.05, 0.1) is 0 Å². The fraction of sp³-hybridized carbons (Fsp3) is 0.615. The van der Waals surface area contributed by atoms with Crippen LogP contribution in [0.15, 0.2) is 18.2 Å². The van der Waals surface area contributed by atoms with Crippen LogP contribution in [0.2, 0.25) is 0 Å². The summed E-state index contributed by atoms with van der Waals surface area (Å²) in [5, 5.41) is 5.49. The van der Waals surface area contributed by atoms with Crippen LogP contribution in [0.5, 0.6) is 0 Å². The Kier molecular flexibility index (Phi) is 10.7. The molecule has 2 unspecified atom stereocenters. The summed E-state index contributed by atoms with van der Waals surface area (Å²) >= 11 is 0. The second kappa shape index (κ2) is 12.6. The highest BCUT2D eigenvalue weighted by Crippen LogP contribution is 2.27. The number of alkyl carbamates (subject to hydrolysis) is 1. The summed E-state index contributed by atoms with van der Waals surface area (Å²) in [7, 11) is 0. The van der Waals surface area contributed by atoms with Crippen LogP contribution in [0.4, 0.5) is 4.79 Å². The Morgan fingerprint density at radius 2 is 1.60 bits per heavy atom. The number of carbonyl (C=O) groups excluding carboxylic acids is 4. The molecule has 196 valence electrons. The van der Waals surface area contributed by atoms with Crippen LogP contribution < -0.4 is 16.4 Å². The molecule has 0 saturated heterocycles. The van der Waals surface area contributed by atoms with Crippen molar-refractivity contribution < 1.29 is 23.9 Å². The Hall–Kier alpha value is -3.10. The number of nitrogens with two attached hydrogens (primary N) is 1. The molecule has 9 heteroatoms. The van der Waals surface area contributed by atoms with Crippen molar-refractivity contribution in [1.29, 1.82) is 0 Å². The van der Waals surface area contributed by atoms with Gasteiger partial charge in [-0.15, -0.1) is 0 Å². The van der Waals surface area contributed by atoms with Gasteiger partial charge in [-0.2, -0.15) is 0 Å². The van der Waals surface area contributed by atoms with Crippen LogP contribution in [0.1, 0.15) is 84.0 Å². The quantitative estimate of drug-likeness (QED) is 0.463. The Balaban J connectivity index is 3.50. The van der Waals surface area contributed by atoms with E-state index in [1.165, 1.54) is 4.90 Å². The average Bonchev–Trinajstić information content (AvgIpc) is 2.68. The van der Waals surface area contributed by atoms with Gasteiger partial charge >= 0.3 is 6.09 Å². The van der Waals surface area contributed by atoms with Gasteiger partial charge in [-0.05, 0) is 85.4 Å². The first-order valence-corrected chi connectivity index (χ1v) is 12.0. The number of rotatable bonds is 10. The van der Waals surface area contributed by atoms with Crippen molar-refractivity contribution in [1.82, 2.24) is 15.5 Å². The Bertz CT molecular complexity index is 921. The van der Waals surface area contributed by atoms with Gasteiger partial charge in [-0.3, -0.25) is 14.4 Å². The van der Waals surface area contributed by atoms with Crippen LogP contribution in [-0.4, -0.2) is 52.4 Å². The summed E-state index contributed by atoms with van der Waals surface area (Å²) in [6.07, 6.45) is -0.939. The Morgan fingerprint density at radius 1 is 1.00 bits per heavy atom. The number of amides is 4. The van der Waals surface area contributed by atoms with E-state index in [1.807, 2.05) is 45.9 Å². The lowest BCUT2D eigenvalue weighted by Gasteiger charge is -2.37. The maximum atomic E-state index is 13.9. The van der Waals surface area contributed by atoms with Crippen molar-refractivity contribution >= 4 is 23.8 Å². The zero-order valence-electron chi connectivity index (χ0n) is 22.5. The second-order valence-electron chi connectivity index (χ2n) is 10.5. The van der Waals surface area contributed by atoms with Crippen LogP contribution in [0, 0.1) is 13.8 Å². The van der Waals surface area contributed by atoms with Gasteiger partial charge in [0.15, 0.2) is 0 Å². The summed E-state index contributed by atoms with van der Waals surface area (Å²) in [6, 6.07) is 3.03. The van der Waals surface area contributed by atoms with E-state index in [0.717, 1.165) is 11.1 Å². The van der Waals surface area contributed by atoms with Crippen LogP contribution in [-0.2, 0) is 19.1 Å². The first-order valence-electron chi connectivity index (χ1n) is 12.0. The lowest BCUT2D eigenvalue weighted by molar-refractivity contribution is -0.145. The van der Waals surface area contributed by atoms with Gasteiger partial charge in [-0.1, -0.05) is 18.2 Å². The van der Waals surface area contributed by atoms with Crippen LogP contribution >= 0.6 is 0 Å². The monoisotopic (exact) mass is 490 g/mol. The topological polar surface area (TPSA) is 131 Å². The molecule has 4 amide bonds. The van der Waals surface area contributed by atoms with E-state index in [-0.39, 0.29) is 24.8 Å². The SMILES string of the molecule is Cc1ccc(C(C(=O)NC(C)C)N(C(=O)C(CCC(N)=O)NC(=O)OC(C)(C)C)C(C)C)cc1C. The summed E-state index contributed by atoms with van der Waals surface area (Å²) in [4.78, 5) is 52.7. The number of hydrogen-bond acceptors (Lipinski definition) is 5. The fourth-order valence-corrected chi connectivity index (χ4v) is 3.59. The van der Waals surface area contributed by atoms with Gasteiger partial charge in [0.2, 0.25) is 17.7 Å². The molecular weight excluding hydrogens is 448 g/mol. The summed E-state index contributed by atoms with van der Waals surface area (Å²) in [5.74, 6) is -1.45. The molecule has 2 atom stereocenters. The van der Waals surface area contributed by atoms with Gasteiger partial charge in [0.1, 0.15) is 17.7 Å². The van der Waals surface area contributed by atoms with E-state index in [9.17, 15) is 19.2 Å². The molecule has 0 fully saturated rings. The van der Waals surface area contributed by atoms with Gasteiger partial charge < -0.3 is 26.0 Å². The summed E-state index contributed by atoms with van der Waals surface area (Å²) in [5.41, 5.74) is 7.24. The lowest BCUT2D eigenvalue weighted by atomic mass is 9.96. The molecule has 1 aromatic rings. The van der Waals surface area contributed by atoms with Gasteiger partial charge in [0.25, 0.3) is 0 Å². The number of ether oxygens (including phenoxy) is 1. The zero-order chi connectivity index (χ0) is 27.1. The van der Waals surface area contributed by atoms with E-state index in [4.69, 9.17) is 10.5 Å². The smallest absolute Gasteiger partial charge is 0.408 e. The minimum absolute atomic E-state index is 0.0257. The highest BCUT2D eigenvalue weighted by molar-refractivity contribution is 5.92. The summed E-state index contributed by atoms with van der Waals surface area (Å²) < 4.78 is 5.32. The van der Waals surface area contributed by atoms with E-state index in [1.54, 1.807) is 34.6 Å². The van der Waals surface area contributed by atoms with Crippen LogP contribution in [0.25, 0.3) is 0 Å².